The lowest BCUT2D eigenvalue weighted by atomic mass is 9.80. The minimum atomic E-state index is 0.350. The molecule has 0 amide bonds. The lowest BCUT2D eigenvalue weighted by Crippen LogP contribution is -2.42. The van der Waals surface area contributed by atoms with Crippen LogP contribution in [0.1, 0.15) is 33.6 Å². The van der Waals surface area contributed by atoms with Crippen molar-refractivity contribution < 1.29 is 4.74 Å². The standard InChI is InChI=1S/C13H28N2O/c1-12(2)16-10-9-15(4)11-13(3)5-7-14-8-6-13/h12,14H,5-11H2,1-4H3. The Kier molecular flexibility index (Phi) is 5.73. The summed E-state index contributed by atoms with van der Waals surface area (Å²) in [5.41, 5.74) is 0.498. The molecule has 1 fully saturated rings. The van der Waals surface area contributed by atoms with Gasteiger partial charge in [-0.3, -0.25) is 0 Å². The Labute approximate surface area is 101 Å². The van der Waals surface area contributed by atoms with Gasteiger partial charge in [0.15, 0.2) is 0 Å². The lowest BCUT2D eigenvalue weighted by Gasteiger charge is -2.37. The molecule has 0 aromatic rings. The molecule has 0 aromatic heterocycles. The van der Waals surface area contributed by atoms with Crippen molar-refractivity contribution in [2.75, 3.05) is 39.8 Å². The SMILES string of the molecule is CC(C)OCCN(C)CC1(C)CCNCC1. The Morgan fingerprint density at radius 2 is 1.94 bits per heavy atom. The fraction of sp³-hybridized carbons (Fsp3) is 1.00. The van der Waals surface area contributed by atoms with E-state index in [1.54, 1.807) is 0 Å². The molecule has 0 atom stereocenters. The maximum absolute atomic E-state index is 5.58. The molecular formula is C13H28N2O. The Balaban J connectivity index is 2.19. The van der Waals surface area contributed by atoms with Crippen molar-refractivity contribution in [3.63, 3.8) is 0 Å². The number of ether oxygens (including phenoxy) is 1. The van der Waals surface area contributed by atoms with Crippen LogP contribution >= 0.6 is 0 Å². The third-order valence-corrected chi connectivity index (χ3v) is 3.39. The summed E-state index contributed by atoms with van der Waals surface area (Å²) in [6.45, 7) is 12.0. The molecule has 3 heteroatoms. The number of piperidine rings is 1. The van der Waals surface area contributed by atoms with E-state index in [1.165, 1.54) is 32.5 Å². The molecule has 1 N–H and O–H groups in total. The molecule has 0 saturated carbocycles. The van der Waals surface area contributed by atoms with Gasteiger partial charge in [0.25, 0.3) is 0 Å². The van der Waals surface area contributed by atoms with Crippen LogP contribution in [0.25, 0.3) is 0 Å². The zero-order valence-corrected chi connectivity index (χ0v) is 11.4. The van der Waals surface area contributed by atoms with Gasteiger partial charge in [0, 0.05) is 13.1 Å². The lowest BCUT2D eigenvalue weighted by molar-refractivity contribution is 0.0521. The number of nitrogens with one attached hydrogen (secondary N) is 1. The third kappa shape index (κ3) is 5.28. The molecule has 1 saturated heterocycles. The summed E-state index contributed by atoms with van der Waals surface area (Å²) >= 11 is 0. The molecular weight excluding hydrogens is 200 g/mol. The van der Waals surface area contributed by atoms with E-state index in [1.807, 2.05) is 0 Å². The summed E-state index contributed by atoms with van der Waals surface area (Å²) in [6, 6.07) is 0. The fourth-order valence-electron chi connectivity index (χ4n) is 2.36. The zero-order valence-electron chi connectivity index (χ0n) is 11.4. The van der Waals surface area contributed by atoms with Gasteiger partial charge in [0.1, 0.15) is 0 Å². The first-order valence-electron chi connectivity index (χ1n) is 6.53. The van der Waals surface area contributed by atoms with E-state index in [0.717, 1.165) is 13.2 Å². The quantitative estimate of drug-likeness (QED) is 0.749. The molecule has 16 heavy (non-hydrogen) atoms. The fourth-order valence-corrected chi connectivity index (χ4v) is 2.36. The highest BCUT2D eigenvalue weighted by atomic mass is 16.5. The molecule has 0 bridgehead atoms. The maximum atomic E-state index is 5.58. The second kappa shape index (κ2) is 6.58. The third-order valence-electron chi connectivity index (χ3n) is 3.39. The van der Waals surface area contributed by atoms with Crippen molar-refractivity contribution in [1.29, 1.82) is 0 Å². The number of rotatable bonds is 6. The minimum Gasteiger partial charge on any atom is -0.377 e. The molecule has 0 aliphatic carbocycles. The first-order valence-corrected chi connectivity index (χ1v) is 6.53. The summed E-state index contributed by atoms with van der Waals surface area (Å²) in [5.74, 6) is 0. The Bertz CT molecular complexity index is 188. The van der Waals surface area contributed by atoms with Gasteiger partial charge in [-0.15, -0.1) is 0 Å². The second-order valence-electron chi connectivity index (χ2n) is 5.72. The minimum absolute atomic E-state index is 0.350. The maximum Gasteiger partial charge on any atom is 0.0596 e. The summed E-state index contributed by atoms with van der Waals surface area (Å²) in [7, 11) is 2.21. The van der Waals surface area contributed by atoms with Gasteiger partial charge in [-0.2, -0.15) is 0 Å². The second-order valence-corrected chi connectivity index (χ2v) is 5.72. The smallest absolute Gasteiger partial charge is 0.0596 e. The molecule has 1 rings (SSSR count). The van der Waals surface area contributed by atoms with Crippen molar-refractivity contribution in [2.45, 2.75) is 39.7 Å². The summed E-state index contributed by atoms with van der Waals surface area (Å²) in [4.78, 5) is 2.41. The largest absolute Gasteiger partial charge is 0.377 e. The monoisotopic (exact) mass is 228 g/mol. The van der Waals surface area contributed by atoms with Gasteiger partial charge in [0.05, 0.1) is 12.7 Å². The van der Waals surface area contributed by atoms with Crippen LogP contribution in [-0.4, -0.2) is 50.8 Å². The predicted molar refractivity (Wildman–Crippen MR) is 68.8 cm³/mol. The molecule has 0 aromatic carbocycles. The molecule has 1 heterocycles. The van der Waals surface area contributed by atoms with Gasteiger partial charge in [-0.05, 0) is 52.2 Å². The Hall–Kier alpha value is -0.120. The number of hydrogen-bond donors (Lipinski definition) is 1. The van der Waals surface area contributed by atoms with Crippen molar-refractivity contribution in [3.8, 4) is 0 Å². The molecule has 96 valence electrons. The van der Waals surface area contributed by atoms with Gasteiger partial charge < -0.3 is 15.0 Å². The summed E-state index contributed by atoms with van der Waals surface area (Å²) in [5, 5.41) is 3.43. The van der Waals surface area contributed by atoms with E-state index >= 15 is 0 Å². The van der Waals surface area contributed by atoms with E-state index in [4.69, 9.17) is 4.74 Å². The summed E-state index contributed by atoms with van der Waals surface area (Å²) < 4.78 is 5.58. The van der Waals surface area contributed by atoms with Gasteiger partial charge >= 0.3 is 0 Å². The van der Waals surface area contributed by atoms with Gasteiger partial charge in [0.2, 0.25) is 0 Å². The number of likely N-dealkylation sites (N-methyl/N-ethyl adjacent to an activating group) is 1. The zero-order chi connectivity index (χ0) is 12.0. The molecule has 1 aliphatic heterocycles. The van der Waals surface area contributed by atoms with Crippen molar-refractivity contribution in [1.82, 2.24) is 10.2 Å². The predicted octanol–water partition coefficient (Wildman–Crippen LogP) is 1.73. The van der Waals surface area contributed by atoms with Crippen LogP contribution < -0.4 is 5.32 Å². The normalized spacial score (nSPS) is 20.6. The molecule has 0 unspecified atom stereocenters. The van der Waals surface area contributed by atoms with Crippen molar-refractivity contribution >= 4 is 0 Å². The highest BCUT2D eigenvalue weighted by molar-refractivity contribution is 4.82. The Morgan fingerprint density at radius 1 is 1.31 bits per heavy atom. The van der Waals surface area contributed by atoms with Crippen molar-refractivity contribution in [3.05, 3.63) is 0 Å². The molecule has 1 aliphatic rings. The Morgan fingerprint density at radius 3 is 2.50 bits per heavy atom. The molecule has 3 nitrogen and oxygen atoms in total. The first-order chi connectivity index (χ1) is 7.52. The number of hydrogen-bond acceptors (Lipinski definition) is 3. The summed E-state index contributed by atoms with van der Waals surface area (Å²) in [6.07, 6.45) is 2.94. The van der Waals surface area contributed by atoms with Crippen LogP contribution in [0.4, 0.5) is 0 Å². The van der Waals surface area contributed by atoms with Gasteiger partial charge in [-0.25, -0.2) is 0 Å². The average Bonchev–Trinajstić information content (AvgIpc) is 2.17. The van der Waals surface area contributed by atoms with E-state index < -0.39 is 0 Å². The molecule has 0 radical (unpaired) electrons. The molecule has 0 spiro atoms. The van der Waals surface area contributed by atoms with E-state index in [2.05, 4.69) is 38.0 Å². The van der Waals surface area contributed by atoms with Crippen LogP contribution in [0.15, 0.2) is 0 Å². The van der Waals surface area contributed by atoms with Crippen molar-refractivity contribution in [2.24, 2.45) is 5.41 Å². The average molecular weight is 228 g/mol. The highest BCUT2D eigenvalue weighted by Gasteiger charge is 2.27. The van der Waals surface area contributed by atoms with Crippen LogP contribution in [0.5, 0.6) is 0 Å². The first kappa shape index (κ1) is 13.9. The van der Waals surface area contributed by atoms with E-state index in [-0.39, 0.29) is 0 Å². The highest BCUT2D eigenvalue weighted by Crippen LogP contribution is 2.28. The number of nitrogens with zero attached hydrogens (tertiary/aromatic N) is 1. The van der Waals surface area contributed by atoms with E-state index in [9.17, 15) is 0 Å². The van der Waals surface area contributed by atoms with Gasteiger partial charge in [-0.1, -0.05) is 6.92 Å². The van der Waals surface area contributed by atoms with E-state index in [0.29, 0.717) is 11.5 Å². The topological polar surface area (TPSA) is 24.5 Å². The van der Waals surface area contributed by atoms with Crippen LogP contribution in [-0.2, 0) is 4.74 Å². The van der Waals surface area contributed by atoms with Crippen LogP contribution in [0, 0.1) is 5.41 Å². The van der Waals surface area contributed by atoms with Crippen LogP contribution in [0.3, 0.4) is 0 Å². The van der Waals surface area contributed by atoms with Crippen LogP contribution in [0.2, 0.25) is 0 Å².